The van der Waals surface area contributed by atoms with E-state index in [1.165, 1.54) is 30.3 Å². The van der Waals surface area contributed by atoms with Crippen LogP contribution in [0, 0.1) is 5.82 Å². The van der Waals surface area contributed by atoms with E-state index in [0.717, 1.165) is 12.1 Å². The molecule has 150 valence electrons. The molecule has 5 nitrogen and oxygen atoms in total. The first-order chi connectivity index (χ1) is 13.2. The van der Waals surface area contributed by atoms with E-state index < -0.39 is 23.7 Å². The second-order valence-corrected chi connectivity index (χ2v) is 6.40. The number of nitrogens with one attached hydrogen (secondary N) is 1. The first kappa shape index (κ1) is 19.9. The lowest BCUT2D eigenvalue weighted by atomic mass is 10.2. The van der Waals surface area contributed by atoms with E-state index in [4.69, 9.17) is 4.74 Å². The van der Waals surface area contributed by atoms with Crippen molar-refractivity contribution in [1.29, 1.82) is 0 Å². The van der Waals surface area contributed by atoms with Gasteiger partial charge in [-0.05, 0) is 36.4 Å². The van der Waals surface area contributed by atoms with Crippen LogP contribution in [0.25, 0.3) is 0 Å². The highest BCUT2D eigenvalue weighted by atomic mass is 19.4. The third-order valence-corrected chi connectivity index (χ3v) is 4.22. The Bertz CT molecular complexity index is 857. The predicted octanol–water partition coefficient (Wildman–Crippen LogP) is 3.43. The molecule has 0 aliphatic carbocycles. The van der Waals surface area contributed by atoms with Crippen LogP contribution >= 0.6 is 0 Å². The minimum atomic E-state index is -4.48. The molecule has 9 heteroatoms. The topological polar surface area (TPSA) is 61.8 Å². The van der Waals surface area contributed by atoms with Gasteiger partial charge in [-0.15, -0.1) is 0 Å². The van der Waals surface area contributed by atoms with E-state index in [0.29, 0.717) is 17.9 Å². The molecule has 0 aromatic heterocycles. The lowest BCUT2D eigenvalue weighted by molar-refractivity contribution is -0.137. The molecule has 28 heavy (non-hydrogen) atoms. The van der Waals surface area contributed by atoms with Gasteiger partial charge < -0.3 is 20.1 Å². The number of benzene rings is 2. The molecule has 1 unspecified atom stereocenters. The number of halogens is 4. The van der Waals surface area contributed by atoms with E-state index in [1.807, 2.05) is 0 Å². The highest BCUT2D eigenvalue weighted by Crippen LogP contribution is 2.32. The normalized spacial score (nSPS) is 15.5. The van der Waals surface area contributed by atoms with Crippen molar-refractivity contribution < 1.29 is 32.2 Å². The largest absolute Gasteiger partial charge is 0.491 e. The van der Waals surface area contributed by atoms with Crippen molar-refractivity contribution in [3.05, 3.63) is 53.8 Å². The van der Waals surface area contributed by atoms with Crippen molar-refractivity contribution in [2.24, 2.45) is 0 Å². The molecule has 1 heterocycles. The predicted molar refractivity (Wildman–Crippen MR) is 94.8 cm³/mol. The lowest BCUT2D eigenvalue weighted by Crippen LogP contribution is -2.36. The number of β-amino-alcohol motifs (C(OH)–C–C–N with tert-alkyl or cyclic N) is 1. The number of hydrogen-bond acceptors (Lipinski definition) is 4. The van der Waals surface area contributed by atoms with E-state index in [2.05, 4.69) is 5.32 Å². The number of hydrogen-bond donors (Lipinski definition) is 2. The van der Waals surface area contributed by atoms with Crippen molar-refractivity contribution >= 4 is 17.3 Å². The molecule has 0 saturated heterocycles. The minimum absolute atomic E-state index is 0.0101. The summed E-state index contributed by atoms with van der Waals surface area (Å²) in [6.45, 7) is 0.118. The van der Waals surface area contributed by atoms with Gasteiger partial charge in [0, 0.05) is 19.5 Å². The van der Waals surface area contributed by atoms with Gasteiger partial charge in [-0.2, -0.15) is 13.2 Å². The molecule has 1 aliphatic rings. The van der Waals surface area contributed by atoms with Gasteiger partial charge in [0.25, 0.3) is 0 Å². The van der Waals surface area contributed by atoms with Crippen LogP contribution in [0.1, 0.15) is 12.0 Å². The first-order valence-corrected chi connectivity index (χ1v) is 8.55. The highest BCUT2D eigenvalue weighted by molar-refractivity contribution is 5.96. The molecule has 1 amide bonds. The summed E-state index contributed by atoms with van der Waals surface area (Å²) < 4.78 is 57.0. The Hall–Kier alpha value is -2.81. The van der Waals surface area contributed by atoms with Crippen molar-refractivity contribution in [1.82, 2.24) is 0 Å². The maximum atomic E-state index is 13.4. The summed E-state index contributed by atoms with van der Waals surface area (Å²) in [7, 11) is 0. The Morgan fingerprint density at radius 2 is 2.00 bits per heavy atom. The summed E-state index contributed by atoms with van der Waals surface area (Å²) in [6.07, 6.45) is -5.37. The standard InChI is InChI=1S/C19H18F4N2O3/c20-13-4-5-17-16(9-13)24-18(27)6-7-25(17)10-14(26)11-28-15-3-1-2-12(8-15)19(21,22)23/h1-5,8-9,14,26H,6-7,10-11H2,(H,24,27). The van der Waals surface area contributed by atoms with Gasteiger partial charge in [0.15, 0.2) is 0 Å². The van der Waals surface area contributed by atoms with Gasteiger partial charge >= 0.3 is 6.18 Å². The second-order valence-electron chi connectivity index (χ2n) is 6.40. The number of nitrogens with zero attached hydrogens (tertiary/aromatic N) is 1. The number of aliphatic hydroxyl groups excluding tert-OH is 1. The molecule has 0 bridgehead atoms. The van der Waals surface area contributed by atoms with Crippen LogP contribution in [0.5, 0.6) is 5.75 Å². The fraction of sp³-hybridized carbons (Fsp3) is 0.316. The monoisotopic (exact) mass is 398 g/mol. The average molecular weight is 398 g/mol. The number of ether oxygens (including phenoxy) is 1. The molecule has 1 aliphatic heterocycles. The number of fused-ring (bicyclic) bond motifs is 1. The Morgan fingerprint density at radius 1 is 1.21 bits per heavy atom. The molecule has 3 rings (SSSR count). The van der Waals surface area contributed by atoms with Crippen molar-refractivity contribution in [2.45, 2.75) is 18.7 Å². The number of anilines is 2. The van der Waals surface area contributed by atoms with Crippen molar-refractivity contribution in [2.75, 3.05) is 29.9 Å². The summed E-state index contributed by atoms with van der Waals surface area (Å²) >= 11 is 0. The van der Waals surface area contributed by atoms with Crippen LogP contribution < -0.4 is 15.0 Å². The minimum Gasteiger partial charge on any atom is -0.491 e. The van der Waals surface area contributed by atoms with Crippen LogP contribution in [-0.2, 0) is 11.0 Å². The molecule has 2 aromatic carbocycles. The summed E-state index contributed by atoms with van der Waals surface area (Å²) in [5.41, 5.74) is 0.00594. The number of amides is 1. The van der Waals surface area contributed by atoms with Crippen LogP contribution in [-0.4, -0.2) is 36.8 Å². The number of alkyl halides is 3. The molecular formula is C19H18F4N2O3. The molecular weight excluding hydrogens is 380 g/mol. The quantitative estimate of drug-likeness (QED) is 0.758. The van der Waals surface area contributed by atoms with E-state index in [1.54, 1.807) is 4.90 Å². The van der Waals surface area contributed by atoms with Crippen LogP contribution in [0.2, 0.25) is 0 Å². The number of rotatable bonds is 5. The van der Waals surface area contributed by atoms with Gasteiger partial charge in [0.1, 0.15) is 24.3 Å². The van der Waals surface area contributed by atoms with E-state index in [-0.39, 0.29) is 31.2 Å². The summed E-state index contributed by atoms with van der Waals surface area (Å²) in [4.78, 5) is 13.5. The molecule has 0 fully saturated rings. The smallest absolute Gasteiger partial charge is 0.416 e. The van der Waals surface area contributed by atoms with Gasteiger partial charge in [-0.25, -0.2) is 4.39 Å². The molecule has 0 spiro atoms. The average Bonchev–Trinajstić information content (AvgIpc) is 2.78. The Kier molecular flexibility index (Phi) is 5.73. The molecule has 0 saturated carbocycles. The lowest BCUT2D eigenvalue weighted by Gasteiger charge is -2.26. The summed E-state index contributed by atoms with van der Waals surface area (Å²) in [6, 6.07) is 8.32. The van der Waals surface area contributed by atoms with Crippen LogP contribution in [0.4, 0.5) is 28.9 Å². The maximum Gasteiger partial charge on any atom is 0.416 e. The van der Waals surface area contributed by atoms with Gasteiger partial charge in [-0.3, -0.25) is 4.79 Å². The zero-order valence-electron chi connectivity index (χ0n) is 14.7. The zero-order valence-corrected chi connectivity index (χ0v) is 14.7. The molecule has 1 atom stereocenters. The van der Waals surface area contributed by atoms with Crippen LogP contribution in [0.3, 0.4) is 0 Å². The van der Waals surface area contributed by atoms with Crippen LogP contribution in [0.15, 0.2) is 42.5 Å². The Balaban J connectivity index is 1.65. The number of carbonyl (C=O) groups excluding carboxylic acids is 1. The van der Waals surface area contributed by atoms with Gasteiger partial charge in [0.05, 0.1) is 16.9 Å². The second kappa shape index (κ2) is 8.05. The molecule has 0 radical (unpaired) electrons. The SMILES string of the molecule is O=C1CCN(CC(O)COc2cccc(C(F)(F)F)c2)c2ccc(F)cc2N1. The summed E-state index contributed by atoms with van der Waals surface area (Å²) in [5, 5.41) is 12.9. The Labute approximate surface area is 158 Å². The molecule has 2 aromatic rings. The van der Waals surface area contributed by atoms with E-state index in [9.17, 15) is 27.5 Å². The number of carbonyl (C=O) groups is 1. The van der Waals surface area contributed by atoms with Crippen molar-refractivity contribution in [3.8, 4) is 5.75 Å². The third-order valence-electron chi connectivity index (χ3n) is 4.22. The molecule has 2 N–H and O–H groups in total. The fourth-order valence-corrected chi connectivity index (χ4v) is 2.91. The Morgan fingerprint density at radius 3 is 2.75 bits per heavy atom. The van der Waals surface area contributed by atoms with Crippen molar-refractivity contribution in [3.63, 3.8) is 0 Å². The maximum absolute atomic E-state index is 13.4. The first-order valence-electron chi connectivity index (χ1n) is 8.55. The number of aliphatic hydroxyl groups is 1. The van der Waals surface area contributed by atoms with E-state index >= 15 is 0 Å². The van der Waals surface area contributed by atoms with Gasteiger partial charge in [-0.1, -0.05) is 6.07 Å². The fourth-order valence-electron chi connectivity index (χ4n) is 2.91. The zero-order chi connectivity index (χ0) is 20.3. The summed E-state index contributed by atoms with van der Waals surface area (Å²) in [5.74, 6) is -0.789. The highest BCUT2D eigenvalue weighted by Gasteiger charge is 2.30. The third kappa shape index (κ3) is 4.92. The van der Waals surface area contributed by atoms with Gasteiger partial charge in [0.2, 0.25) is 5.91 Å².